The Labute approximate surface area is 132 Å². The monoisotopic (exact) mass is 322 g/mol. The van der Waals surface area contributed by atoms with Crippen LogP contribution in [0.4, 0.5) is 0 Å². The van der Waals surface area contributed by atoms with Crippen molar-refractivity contribution < 1.29 is 9.90 Å². The van der Waals surface area contributed by atoms with Gasteiger partial charge in [-0.25, -0.2) is 0 Å². The smallest absolute Gasteiger partial charge is 0.268 e. The quantitative estimate of drug-likeness (QED) is 0.760. The number of aromatic nitrogens is 1. The first-order chi connectivity index (χ1) is 10.1. The summed E-state index contributed by atoms with van der Waals surface area (Å²) in [5.74, 6) is 5.09. The molecule has 6 heteroatoms. The van der Waals surface area contributed by atoms with Crippen LogP contribution < -0.4 is 5.32 Å². The van der Waals surface area contributed by atoms with Crippen molar-refractivity contribution in [1.82, 2.24) is 10.3 Å². The molecule has 0 aliphatic heterocycles. The lowest BCUT2D eigenvalue weighted by Gasteiger charge is -2.04. The zero-order valence-electron chi connectivity index (χ0n) is 10.9. The molecular weight excluding hydrogens is 311 g/mol. The average molecular weight is 323 g/mol. The first-order valence-electron chi connectivity index (χ1n) is 6.11. The van der Waals surface area contributed by atoms with E-state index < -0.39 is 0 Å². The fourth-order valence-electron chi connectivity index (χ4n) is 1.70. The molecule has 0 aliphatic carbocycles. The molecule has 4 nitrogen and oxygen atoms in total. The van der Waals surface area contributed by atoms with Crippen LogP contribution in [0.3, 0.4) is 0 Å². The number of benzene rings is 1. The van der Waals surface area contributed by atoms with E-state index in [-0.39, 0.29) is 17.7 Å². The minimum Gasteiger partial charge on any atom is -0.384 e. The summed E-state index contributed by atoms with van der Waals surface area (Å²) in [4.78, 5) is 14.6. The minimum atomic E-state index is -0.296. The number of aromatic amines is 1. The van der Waals surface area contributed by atoms with Crippen LogP contribution in [0.25, 0.3) is 0 Å². The van der Waals surface area contributed by atoms with E-state index in [4.69, 9.17) is 28.3 Å². The second-order valence-electron chi connectivity index (χ2n) is 4.19. The summed E-state index contributed by atoms with van der Waals surface area (Å²) in [5, 5.41) is 12.0. The highest BCUT2D eigenvalue weighted by molar-refractivity contribution is 6.41. The molecule has 0 aliphatic rings. The van der Waals surface area contributed by atoms with Gasteiger partial charge in [0.2, 0.25) is 0 Å². The molecule has 0 bridgehead atoms. The second kappa shape index (κ2) is 7.19. The van der Waals surface area contributed by atoms with E-state index in [0.29, 0.717) is 17.3 Å². The van der Waals surface area contributed by atoms with Crippen molar-refractivity contribution in [2.75, 3.05) is 6.61 Å². The Hall–Kier alpha value is -1.93. The number of H-pyrrole nitrogens is 1. The van der Waals surface area contributed by atoms with Gasteiger partial charge >= 0.3 is 0 Å². The van der Waals surface area contributed by atoms with Gasteiger partial charge in [-0.3, -0.25) is 4.79 Å². The summed E-state index contributed by atoms with van der Waals surface area (Å²) in [6.07, 6.45) is 0. The number of aliphatic hydroxyl groups excluding tert-OH is 1. The molecule has 1 heterocycles. The van der Waals surface area contributed by atoms with Gasteiger partial charge in [-0.1, -0.05) is 47.2 Å². The van der Waals surface area contributed by atoms with Gasteiger partial charge in [0.25, 0.3) is 5.91 Å². The van der Waals surface area contributed by atoms with E-state index in [9.17, 15) is 4.79 Å². The Balaban J connectivity index is 2.01. The van der Waals surface area contributed by atoms with E-state index in [1.165, 1.54) is 6.07 Å². The molecule has 1 aromatic carbocycles. The second-order valence-corrected chi connectivity index (χ2v) is 4.97. The van der Waals surface area contributed by atoms with E-state index in [0.717, 1.165) is 11.1 Å². The number of aliphatic hydroxyl groups is 1. The average Bonchev–Trinajstić information content (AvgIpc) is 2.83. The predicted molar refractivity (Wildman–Crippen MR) is 82.4 cm³/mol. The van der Waals surface area contributed by atoms with Gasteiger partial charge in [-0.2, -0.15) is 0 Å². The molecule has 0 unspecified atom stereocenters. The highest BCUT2D eigenvalue weighted by Gasteiger charge is 2.11. The van der Waals surface area contributed by atoms with Gasteiger partial charge in [-0.05, 0) is 23.8 Å². The number of rotatable bonds is 3. The van der Waals surface area contributed by atoms with Crippen molar-refractivity contribution in [2.45, 2.75) is 6.54 Å². The van der Waals surface area contributed by atoms with Gasteiger partial charge in [-0.15, -0.1) is 0 Å². The van der Waals surface area contributed by atoms with Crippen LogP contribution in [-0.2, 0) is 6.54 Å². The number of amides is 1. The van der Waals surface area contributed by atoms with Crippen molar-refractivity contribution in [3.63, 3.8) is 0 Å². The van der Waals surface area contributed by atoms with Gasteiger partial charge in [0.05, 0.1) is 5.02 Å². The Morgan fingerprint density at radius 2 is 2.14 bits per heavy atom. The lowest BCUT2D eigenvalue weighted by atomic mass is 10.1. The molecule has 1 aromatic heterocycles. The largest absolute Gasteiger partial charge is 0.384 e. The summed E-state index contributed by atoms with van der Waals surface area (Å²) < 4.78 is 0. The molecule has 108 valence electrons. The van der Waals surface area contributed by atoms with Crippen molar-refractivity contribution in [3.8, 4) is 11.8 Å². The van der Waals surface area contributed by atoms with E-state index in [1.54, 1.807) is 0 Å². The molecular formula is C15H12Cl2N2O2. The molecule has 2 aromatic rings. The molecule has 0 fully saturated rings. The van der Waals surface area contributed by atoms with Gasteiger partial charge < -0.3 is 15.4 Å². The molecule has 0 atom stereocenters. The van der Waals surface area contributed by atoms with E-state index >= 15 is 0 Å². The predicted octanol–water partition coefficient (Wildman–Crippen LogP) is 2.60. The fraction of sp³-hybridized carbons (Fsp3) is 0.133. The van der Waals surface area contributed by atoms with Crippen LogP contribution in [-0.4, -0.2) is 22.6 Å². The van der Waals surface area contributed by atoms with Crippen LogP contribution in [0.2, 0.25) is 10.2 Å². The zero-order chi connectivity index (χ0) is 15.2. The fourth-order valence-corrected chi connectivity index (χ4v) is 2.02. The minimum absolute atomic E-state index is 0.185. The molecule has 3 N–H and O–H groups in total. The van der Waals surface area contributed by atoms with Crippen molar-refractivity contribution in [1.29, 1.82) is 0 Å². The zero-order valence-corrected chi connectivity index (χ0v) is 12.4. The third-order valence-electron chi connectivity index (χ3n) is 2.66. The molecule has 1 amide bonds. The van der Waals surface area contributed by atoms with Crippen LogP contribution in [0.5, 0.6) is 0 Å². The standard InChI is InChI=1S/C15H12Cl2N2O2/c16-12-8-13(19-14(12)17)15(21)18-9-11-4-1-3-10(7-11)5-2-6-20/h1,3-4,7-8,19-20H,6,9H2,(H,18,21). The van der Waals surface area contributed by atoms with Gasteiger partial charge in [0.1, 0.15) is 17.5 Å². The van der Waals surface area contributed by atoms with E-state index in [1.807, 2.05) is 24.3 Å². The number of nitrogens with one attached hydrogen (secondary N) is 2. The maximum atomic E-state index is 11.9. The SMILES string of the molecule is O=C(NCc1cccc(C#CCO)c1)c1cc(Cl)c(Cl)[nH]1. The topological polar surface area (TPSA) is 65.1 Å². The normalized spacial score (nSPS) is 9.86. The lowest BCUT2D eigenvalue weighted by molar-refractivity contribution is 0.0946. The van der Waals surface area contributed by atoms with E-state index in [2.05, 4.69) is 22.1 Å². The maximum absolute atomic E-state index is 11.9. The number of hydrogen-bond acceptors (Lipinski definition) is 2. The number of halogens is 2. The molecule has 0 saturated carbocycles. The Morgan fingerprint density at radius 3 is 2.81 bits per heavy atom. The molecule has 21 heavy (non-hydrogen) atoms. The summed E-state index contributed by atoms with van der Waals surface area (Å²) in [6.45, 7) is 0.164. The highest BCUT2D eigenvalue weighted by atomic mass is 35.5. The number of hydrogen-bond donors (Lipinski definition) is 3. The highest BCUT2D eigenvalue weighted by Crippen LogP contribution is 2.21. The molecule has 0 spiro atoms. The molecule has 2 rings (SSSR count). The number of carbonyl (C=O) groups is 1. The Morgan fingerprint density at radius 1 is 1.33 bits per heavy atom. The van der Waals surface area contributed by atoms with Crippen LogP contribution >= 0.6 is 23.2 Å². The van der Waals surface area contributed by atoms with Crippen molar-refractivity contribution >= 4 is 29.1 Å². The summed E-state index contributed by atoms with van der Waals surface area (Å²) >= 11 is 11.5. The first-order valence-corrected chi connectivity index (χ1v) is 6.86. The maximum Gasteiger partial charge on any atom is 0.268 e. The molecule has 0 saturated heterocycles. The number of carbonyl (C=O) groups excluding carboxylic acids is 1. The van der Waals surface area contributed by atoms with Gasteiger partial charge in [0.15, 0.2) is 0 Å². The summed E-state index contributed by atoms with van der Waals surface area (Å²) in [6, 6.07) is 8.86. The Kier molecular flexibility index (Phi) is 5.29. The van der Waals surface area contributed by atoms with Crippen LogP contribution in [0, 0.1) is 11.8 Å². The Bertz CT molecular complexity index is 694. The first kappa shape index (κ1) is 15.5. The van der Waals surface area contributed by atoms with Crippen LogP contribution in [0.1, 0.15) is 21.6 Å². The molecule has 0 radical (unpaired) electrons. The third kappa shape index (κ3) is 4.27. The summed E-state index contributed by atoms with van der Waals surface area (Å²) in [5.41, 5.74) is 1.99. The lowest BCUT2D eigenvalue weighted by Crippen LogP contribution is -2.23. The third-order valence-corrected chi connectivity index (χ3v) is 3.35. The summed E-state index contributed by atoms with van der Waals surface area (Å²) in [7, 11) is 0. The van der Waals surface area contributed by atoms with Crippen molar-refractivity contribution in [2.24, 2.45) is 0 Å². The van der Waals surface area contributed by atoms with Crippen molar-refractivity contribution in [3.05, 3.63) is 57.3 Å². The van der Waals surface area contributed by atoms with Gasteiger partial charge in [0, 0.05) is 12.1 Å². The van der Waals surface area contributed by atoms with Crippen LogP contribution in [0.15, 0.2) is 30.3 Å².